The minimum atomic E-state index is -1.37. The molecule has 2 N–H and O–H groups in total. The molecule has 0 atom stereocenters. The molecule has 1 heterocycles. The molecule has 2 nitrogen and oxygen atoms in total. The van der Waals surface area contributed by atoms with E-state index in [4.69, 9.17) is 21.8 Å². The van der Waals surface area contributed by atoms with Gasteiger partial charge in [0.05, 0.1) is 0 Å². The Morgan fingerprint density at radius 1 is 1.28 bits per heavy atom. The first-order chi connectivity index (χ1) is 8.57. The van der Waals surface area contributed by atoms with E-state index in [2.05, 4.69) is 0 Å². The van der Waals surface area contributed by atoms with Crippen LogP contribution < -0.4 is 5.73 Å². The molecule has 4 heteroatoms. The van der Waals surface area contributed by atoms with Gasteiger partial charge in [-0.15, -0.1) is 0 Å². The van der Waals surface area contributed by atoms with Crippen molar-refractivity contribution < 1.29 is 8.81 Å². The molecule has 96 valence electrons. The van der Waals surface area contributed by atoms with E-state index in [9.17, 15) is 4.39 Å². The Hall–Kier alpha value is -1.06. The molecule has 1 saturated carbocycles. The van der Waals surface area contributed by atoms with E-state index < -0.39 is 5.67 Å². The number of fused-ring (bicyclic) bond motifs is 1. The molecule has 1 aromatic carbocycles. The highest BCUT2D eigenvalue weighted by atomic mass is 35.5. The maximum absolute atomic E-state index is 14.8. The van der Waals surface area contributed by atoms with Crippen molar-refractivity contribution in [3.8, 4) is 0 Å². The first kappa shape index (κ1) is 12.0. The van der Waals surface area contributed by atoms with Crippen molar-refractivity contribution in [1.29, 1.82) is 0 Å². The SMILES string of the molecule is NC1CCC(F)(c2cc3cc(Cl)ccc3o2)CC1. The predicted molar refractivity (Wildman–Crippen MR) is 70.5 cm³/mol. The van der Waals surface area contributed by atoms with Crippen LogP contribution in [-0.4, -0.2) is 6.04 Å². The molecule has 0 amide bonds. The second kappa shape index (κ2) is 4.25. The molecular weight excluding hydrogens is 253 g/mol. The third kappa shape index (κ3) is 2.02. The average Bonchev–Trinajstić information content (AvgIpc) is 2.77. The van der Waals surface area contributed by atoms with Crippen LogP contribution in [0.5, 0.6) is 0 Å². The standard InChI is InChI=1S/C14H15ClFNO/c15-10-1-2-12-9(7-10)8-13(18-12)14(16)5-3-11(17)4-6-14/h1-2,7-8,11H,3-6,17H2. The van der Waals surface area contributed by atoms with Gasteiger partial charge in [-0.05, 0) is 49.9 Å². The Balaban J connectivity index is 1.98. The predicted octanol–water partition coefficient (Wildman–Crippen LogP) is 4.15. The fourth-order valence-electron chi connectivity index (χ4n) is 2.58. The third-order valence-corrected chi connectivity index (χ3v) is 3.98. The number of benzene rings is 1. The Bertz CT molecular complexity index is 572. The lowest BCUT2D eigenvalue weighted by Crippen LogP contribution is -2.33. The summed E-state index contributed by atoms with van der Waals surface area (Å²) < 4.78 is 20.5. The van der Waals surface area contributed by atoms with Crippen molar-refractivity contribution in [1.82, 2.24) is 0 Å². The molecule has 0 bridgehead atoms. The van der Waals surface area contributed by atoms with Crippen molar-refractivity contribution in [3.05, 3.63) is 35.0 Å². The summed E-state index contributed by atoms with van der Waals surface area (Å²) in [5, 5.41) is 1.48. The summed E-state index contributed by atoms with van der Waals surface area (Å²) in [7, 11) is 0. The van der Waals surface area contributed by atoms with Crippen LogP contribution >= 0.6 is 11.6 Å². The monoisotopic (exact) mass is 267 g/mol. The summed E-state index contributed by atoms with van der Waals surface area (Å²) in [5.41, 5.74) is 5.12. The Kier molecular flexibility index (Phi) is 2.83. The molecule has 3 rings (SSSR count). The van der Waals surface area contributed by atoms with E-state index in [1.807, 2.05) is 0 Å². The number of nitrogens with two attached hydrogens (primary N) is 1. The Morgan fingerprint density at radius 3 is 2.72 bits per heavy atom. The number of halogens is 2. The van der Waals surface area contributed by atoms with E-state index in [-0.39, 0.29) is 6.04 Å². The highest BCUT2D eigenvalue weighted by Crippen LogP contribution is 2.42. The van der Waals surface area contributed by atoms with Gasteiger partial charge in [-0.2, -0.15) is 0 Å². The van der Waals surface area contributed by atoms with Crippen LogP contribution in [0.25, 0.3) is 11.0 Å². The van der Waals surface area contributed by atoms with Crippen LogP contribution in [0, 0.1) is 0 Å². The van der Waals surface area contributed by atoms with Crippen LogP contribution in [0.1, 0.15) is 31.4 Å². The highest BCUT2D eigenvalue weighted by Gasteiger charge is 2.39. The lowest BCUT2D eigenvalue weighted by Gasteiger charge is -2.30. The maximum atomic E-state index is 14.8. The van der Waals surface area contributed by atoms with Crippen LogP contribution in [0.2, 0.25) is 5.02 Å². The molecule has 0 aliphatic heterocycles. The molecule has 0 saturated heterocycles. The third-order valence-electron chi connectivity index (χ3n) is 3.74. The van der Waals surface area contributed by atoms with Crippen molar-refractivity contribution in [3.63, 3.8) is 0 Å². The second-order valence-corrected chi connectivity index (χ2v) is 5.53. The van der Waals surface area contributed by atoms with Gasteiger partial charge in [0, 0.05) is 16.5 Å². The number of furan rings is 1. The number of hydrogen-bond acceptors (Lipinski definition) is 2. The molecule has 1 aliphatic rings. The molecule has 1 fully saturated rings. The Labute approximate surface area is 110 Å². The molecule has 2 aromatic rings. The van der Waals surface area contributed by atoms with Gasteiger partial charge in [0.2, 0.25) is 0 Å². The minimum absolute atomic E-state index is 0.118. The van der Waals surface area contributed by atoms with Gasteiger partial charge in [0.15, 0.2) is 5.67 Å². The number of alkyl halides is 1. The lowest BCUT2D eigenvalue weighted by atomic mass is 9.82. The van der Waals surface area contributed by atoms with Gasteiger partial charge in [0.1, 0.15) is 11.3 Å². The maximum Gasteiger partial charge on any atom is 0.168 e. The van der Waals surface area contributed by atoms with Crippen molar-refractivity contribution in [2.24, 2.45) is 5.73 Å². The Morgan fingerprint density at radius 2 is 2.00 bits per heavy atom. The van der Waals surface area contributed by atoms with E-state index in [0.29, 0.717) is 42.0 Å². The zero-order valence-electron chi connectivity index (χ0n) is 9.96. The first-order valence-corrected chi connectivity index (χ1v) is 6.59. The summed E-state index contributed by atoms with van der Waals surface area (Å²) in [6, 6.07) is 7.20. The van der Waals surface area contributed by atoms with Crippen LogP contribution in [0.4, 0.5) is 4.39 Å². The molecule has 1 aliphatic carbocycles. The second-order valence-electron chi connectivity index (χ2n) is 5.10. The highest BCUT2D eigenvalue weighted by molar-refractivity contribution is 6.31. The van der Waals surface area contributed by atoms with E-state index in [1.165, 1.54) is 0 Å². The van der Waals surface area contributed by atoms with Gasteiger partial charge in [-0.25, -0.2) is 4.39 Å². The zero-order valence-corrected chi connectivity index (χ0v) is 10.7. The molecule has 18 heavy (non-hydrogen) atoms. The van der Waals surface area contributed by atoms with Gasteiger partial charge in [-0.3, -0.25) is 0 Å². The molecule has 0 unspecified atom stereocenters. The summed E-state index contributed by atoms with van der Waals surface area (Å²) in [6.45, 7) is 0. The molecular formula is C14H15ClFNO. The van der Waals surface area contributed by atoms with Crippen LogP contribution in [-0.2, 0) is 5.67 Å². The van der Waals surface area contributed by atoms with Gasteiger partial charge < -0.3 is 10.2 Å². The normalized spacial score (nSPS) is 28.7. The lowest BCUT2D eigenvalue weighted by molar-refractivity contribution is 0.0738. The summed E-state index contributed by atoms with van der Waals surface area (Å²) in [4.78, 5) is 0. The quantitative estimate of drug-likeness (QED) is 0.843. The summed E-state index contributed by atoms with van der Waals surface area (Å²) in [6.07, 6.45) is 2.27. The van der Waals surface area contributed by atoms with Crippen molar-refractivity contribution in [2.45, 2.75) is 37.4 Å². The summed E-state index contributed by atoms with van der Waals surface area (Å²) in [5.74, 6) is 0.409. The van der Waals surface area contributed by atoms with Crippen LogP contribution in [0.15, 0.2) is 28.7 Å². The smallest absolute Gasteiger partial charge is 0.168 e. The fraction of sp³-hybridized carbons (Fsp3) is 0.429. The van der Waals surface area contributed by atoms with E-state index >= 15 is 0 Å². The molecule has 1 aromatic heterocycles. The van der Waals surface area contributed by atoms with E-state index in [0.717, 1.165) is 5.39 Å². The van der Waals surface area contributed by atoms with E-state index in [1.54, 1.807) is 24.3 Å². The van der Waals surface area contributed by atoms with Gasteiger partial charge in [-0.1, -0.05) is 11.6 Å². The van der Waals surface area contributed by atoms with Crippen LogP contribution in [0.3, 0.4) is 0 Å². The largest absolute Gasteiger partial charge is 0.458 e. The zero-order chi connectivity index (χ0) is 12.8. The summed E-state index contributed by atoms with van der Waals surface area (Å²) >= 11 is 5.92. The van der Waals surface area contributed by atoms with Gasteiger partial charge >= 0.3 is 0 Å². The number of rotatable bonds is 1. The number of hydrogen-bond donors (Lipinski definition) is 1. The fourth-order valence-corrected chi connectivity index (χ4v) is 2.76. The van der Waals surface area contributed by atoms with Gasteiger partial charge in [0.25, 0.3) is 0 Å². The molecule has 0 radical (unpaired) electrons. The molecule has 0 spiro atoms. The average molecular weight is 268 g/mol. The topological polar surface area (TPSA) is 39.2 Å². The van der Waals surface area contributed by atoms with Crippen molar-refractivity contribution in [2.75, 3.05) is 0 Å². The minimum Gasteiger partial charge on any atom is -0.458 e. The first-order valence-electron chi connectivity index (χ1n) is 6.21. The van der Waals surface area contributed by atoms with Crippen molar-refractivity contribution >= 4 is 22.6 Å².